The second-order valence-corrected chi connectivity index (χ2v) is 3.73. The molecule has 3 N–H and O–H groups in total. The molecule has 0 unspecified atom stereocenters. The van der Waals surface area contributed by atoms with Gasteiger partial charge in [-0.2, -0.15) is 0 Å². The van der Waals surface area contributed by atoms with E-state index in [9.17, 15) is 0 Å². The summed E-state index contributed by atoms with van der Waals surface area (Å²) in [6, 6.07) is 18.4. The molecule has 0 atom stereocenters. The van der Waals surface area contributed by atoms with Crippen molar-refractivity contribution in [1.29, 1.82) is 0 Å². The topological polar surface area (TPSA) is 35.0 Å². The first kappa shape index (κ1) is 11.8. The van der Waals surface area contributed by atoms with Gasteiger partial charge in [-0.15, -0.1) is 0 Å². The van der Waals surface area contributed by atoms with Crippen LogP contribution in [0.3, 0.4) is 0 Å². The fraction of sp³-hybridized carbons (Fsp3) is 0.0769. The Hall–Kier alpha value is -1.31. The van der Waals surface area contributed by atoms with E-state index in [-0.39, 0.29) is 6.15 Å². The Morgan fingerprint density at radius 1 is 0.800 bits per heavy atom. The molecule has 0 aliphatic heterocycles. The van der Waals surface area contributed by atoms with Gasteiger partial charge in [0.05, 0.1) is 0 Å². The van der Waals surface area contributed by atoms with Gasteiger partial charge in [0.25, 0.3) is 0 Å². The second kappa shape index (κ2) is 5.54. The van der Waals surface area contributed by atoms with Gasteiger partial charge in [-0.1, -0.05) is 54.1 Å². The maximum absolute atomic E-state index is 5.91. The first-order valence-corrected chi connectivity index (χ1v) is 5.01. The Labute approximate surface area is 95.3 Å². The maximum atomic E-state index is 5.91. The van der Waals surface area contributed by atoms with Crippen LogP contribution in [-0.2, 0) is 6.42 Å². The van der Waals surface area contributed by atoms with Crippen LogP contribution in [0.2, 0.25) is 5.02 Å². The van der Waals surface area contributed by atoms with Crippen molar-refractivity contribution in [3.05, 3.63) is 70.7 Å². The van der Waals surface area contributed by atoms with Gasteiger partial charge < -0.3 is 6.15 Å². The summed E-state index contributed by atoms with van der Waals surface area (Å²) >= 11 is 5.91. The lowest BCUT2D eigenvalue weighted by atomic mass is 10.1. The van der Waals surface area contributed by atoms with Gasteiger partial charge in [0.1, 0.15) is 0 Å². The van der Waals surface area contributed by atoms with Crippen molar-refractivity contribution in [3.8, 4) is 0 Å². The monoisotopic (exact) mass is 219 g/mol. The molecule has 0 spiro atoms. The lowest BCUT2D eigenvalue weighted by Gasteiger charge is -2.01. The van der Waals surface area contributed by atoms with Crippen LogP contribution in [0.1, 0.15) is 11.1 Å². The summed E-state index contributed by atoms with van der Waals surface area (Å²) in [4.78, 5) is 0. The largest absolute Gasteiger partial charge is 0.344 e. The minimum Gasteiger partial charge on any atom is -0.344 e. The van der Waals surface area contributed by atoms with Gasteiger partial charge in [-0.3, -0.25) is 0 Å². The molecule has 1 nitrogen and oxygen atoms in total. The smallest absolute Gasteiger partial charge is 0.0408 e. The number of benzene rings is 2. The standard InChI is InChI=1S/C13H11Cl.H3N/c14-13-8-4-7-12(10-13)9-11-5-2-1-3-6-11;/h1-8,10H,9H2;1H3. The third kappa shape index (κ3) is 3.39. The van der Waals surface area contributed by atoms with Crippen molar-refractivity contribution >= 4 is 11.6 Å². The van der Waals surface area contributed by atoms with Crippen molar-refractivity contribution in [1.82, 2.24) is 6.15 Å². The summed E-state index contributed by atoms with van der Waals surface area (Å²) in [5.41, 5.74) is 2.57. The normalized spacial score (nSPS) is 9.40. The summed E-state index contributed by atoms with van der Waals surface area (Å²) in [5.74, 6) is 0. The molecule has 0 aromatic heterocycles. The fourth-order valence-electron chi connectivity index (χ4n) is 1.48. The molecule has 0 aliphatic carbocycles. The third-order valence-corrected chi connectivity index (χ3v) is 2.38. The highest BCUT2D eigenvalue weighted by atomic mass is 35.5. The molecule has 0 aliphatic rings. The molecule has 15 heavy (non-hydrogen) atoms. The molecular formula is C13H14ClN. The zero-order chi connectivity index (χ0) is 9.80. The van der Waals surface area contributed by atoms with Crippen LogP contribution in [0.15, 0.2) is 54.6 Å². The maximum Gasteiger partial charge on any atom is 0.0408 e. The van der Waals surface area contributed by atoms with Crippen molar-refractivity contribution in [2.75, 3.05) is 0 Å². The summed E-state index contributed by atoms with van der Waals surface area (Å²) in [5, 5.41) is 0.804. The minimum absolute atomic E-state index is 0. The molecule has 2 aromatic carbocycles. The van der Waals surface area contributed by atoms with E-state index in [1.165, 1.54) is 11.1 Å². The number of rotatable bonds is 2. The summed E-state index contributed by atoms with van der Waals surface area (Å²) in [7, 11) is 0. The van der Waals surface area contributed by atoms with Crippen molar-refractivity contribution in [2.45, 2.75) is 6.42 Å². The quantitative estimate of drug-likeness (QED) is 0.811. The zero-order valence-corrected chi connectivity index (χ0v) is 9.24. The fourth-order valence-corrected chi connectivity index (χ4v) is 1.69. The lowest BCUT2D eigenvalue weighted by Crippen LogP contribution is -1.86. The Morgan fingerprint density at radius 3 is 2.13 bits per heavy atom. The highest BCUT2D eigenvalue weighted by Gasteiger charge is 1.95. The predicted molar refractivity (Wildman–Crippen MR) is 65.7 cm³/mol. The van der Waals surface area contributed by atoms with E-state index in [1.807, 2.05) is 24.3 Å². The number of halogens is 1. The lowest BCUT2D eigenvalue weighted by molar-refractivity contribution is 1.19. The molecule has 2 rings (SSSR count). The number of hydrogen-bond donors (Lipinski definition) is 1. The van der Waals surface area contributed by atoms with Crippen LogP contribution >= 0.6 is 11.6 Å². The average molecular weight is 220 g/mol. The van der Waals surface area contributed by atoms with E-state index < -0.39 is 0 Å². The van der Waals surface area contributed by atoms with E-state index in [0.717, 1.165) is 11.4 Å². The van der Waals surface area contributed by atoms with Crippen molar-refractivity contribution < 1.29 is 0 Å². The summed E-state index contributed by atoms with van der Waals surface area (Å²) in [6.45, 7) is 0. The zero-order valence-electron chi connectivity index (χ0n) is 8.49. The van der Waals surface area contributed by atoms with Crippen LogP contribution in [0.25, 0.3) is 0 Å². The van der Waals surface area contributed by atoms with Crippen LogP contribution < -0.4 is 6.15 Å². The van der Waals surface area contributed by atoms with E-state index in [2.05, 4.69) is 30.3 Å². The van der Waals surface area contributed by atoms with Crippen LogP contribution in [0.5, 0.6) is 0 Å². The third-order valence-electron chi connectivity index (χ3n) is 2.14. The van der Waals surface area contributed by atoms with E-state index in [0.29, 0.717) is 0 Å². The van der Waals surface area contributed by atoms with Gasteiger partial charge in [0.15, 0.2) is 0 Å². The van der Waals surface area contributed by atoms with Gasteiger partial charge in [-0.25, -0.2) is 0 Å². The van der Waals surface area contributed by atoms with E-state index in [1.54, 1.807) is 0 Å². The first-order chi connectivity index (χ1) is 6.84. The van der Waals surface area contributed by atoms with Gasteiger partial charge in [0, 0.05) is 5.02 Å². The molecule has 0 saturated carbocycles. The predicted octanol–water partition coefficient (Wildman–Crippen LogP) is 4.09. The first-order valence-electron chi connectivity index (χ1n) is 4.63. The Balaban J connectivity index is 0.00000112. The Bertz CT molecular complexity index is 412. The molecule has 2 aromatic rings. The molecule has 78 valence electrons. The van der Waals surface area contributed by atoms with E-state index in [4.69, 9.17) is 11.6 Å². The second-order valence-electron chi connectivity index (χ2n) is 3.29. The molecule has 0 amide bonds. The van der Waals surface area contributed by atoms with Crippen LogP contribution in [0, 0.1) is 0 Å². The highest BCUT2D eigenvalue weighted by molar-refractivity contribution is 6.30. The van der Waals surface area contributed by atoms with Gasteiger partial charge in [-0.05, 0) is 29.7 Å². The van der Waals surface area contributed by atoms with E-state index >= 15 is 0 Å². The molecule has 0 bridgehead atoms. The summed E-state index contributed by atoms with van der Waals surface area (Å²) in [6.07, 6.45) is 0.946. The van der Waals surface area contributed by atoms with Crippen LogP contribution in [0.4, 0.5) is 0 Å². The molecule has 0 radical (unpaired) electrons. The molecule has 0 fully saturated rings. The minimum atomic E-state index is 0. The molecule has 0 heterocycles. The van der Waals surface area contributed by atoms with Crippen LogP contribution in [-0.4, -0.2) is 0 Å². The Morgan fingerprint density at radius 2 is 1.47 bits per heavy atom. The van der Waals surface area contributed by atoms with Gasteiger partial charge >= 0.3 is 0 Å². The number of hydrogen-bond acceptors (Lipinski definition) is 1. The average Bonchev–Trinajstić information content (AvgIpc) is 2.19. The van der Waals surface area contributed by atoms with Gasteiger partial charge in [0.2, 0.25) is 0 Å². The summed E-state index contributed by atoms with van der Waals surface area (Å²) < 4.78 is 0. The highest BCUT2D eigenvalue weighted by Crippen LogP contribution is 2.14. The van der Waals surface area contributed by atoms with Crippen molar-refractivity contribution in [3.63, 3.8) is 0 Å². The molecule has 0 saturated heterocycles. The molecule has 2 heteroatoms. The Kier molecular flexibility index (Phi) is 4.35. The molecular weight excluding hydrogens is 206 g/mol. The van der Waals surface area contributed by atoms with Crippen molar-refractivity contribution in [2.24, 2.45) is 0 Å². The SMILES string of the molecule is Clc1cccc(Cc2ccccc2)c1.N.